The van der Waals surface area contributed by atoms with Gasteiger partial charge in [0.05, 0.1) is 6.54 Å². The summed E-state index contributed by atoms with van der Waals surface area (Å²) >= 11 is 0. The van der Waals surface area contributed by atoms with E-state index in [4.69, 9.17) is 4.74 Å². The number of hydrogen-bond donors (Lipinski definition) is 1. The molecule has 1 unspecified atom stereocenters. The molecular weight excluding hydrogens is 339 g/mol. The van der Waals surface area contributed by atoms with Crippen molar-refractivity contribution in [2.75, 3.05) is 19.7 Å². The molecule has 0 saturated carbocycles. The highest BCUT2D eigenvalue weighted by atomic mass is 19.1. The lowest BCUT2D eigenvalue weighted by molar-refractivity contribution is -0.140. The van der Waals surface area contributed by atoms with Crippen LogP contribution in [0, 0.1) is 5.82 Å². The SMILES string of the molecule is O=C(CCCn1cncn1)N1CCCC(O)(COc2ccc(F)cc2)C1. The van der Waals surface area contributed by atoms with E-state index in [1.165, 1.54) is 30.6 Å². The first-order chi connectivity index (χ1) is 12.5. The molecule has 1 atom stereocenters. The number of aliphatic hydroxyl groups is 1. The van der Waals surface area contributed by atoms with Gasteiger partial charge in [0.2, 0.25) is 5.91 Å². The fraction of sp³-hybridized carbons (Fsp3) is 0.500. The quantitative estimate of drug-likeness (QED) is 0.810. The van der Waals surface area contributed by atoms with E-state index in [1.807, 2.05) is 0 Å². The highest BCUT2D eigenvalue weighted by molar-refractivity contribution is 5.76. The number of halogens is 1. The molecule has 1 aliphatic rings. The summed E-state index contributed by atoms with van der Waals surface area (Å²) in [5.41, 5.74) is -1.09. The predicted molar refractivity (Wildman–Crippen MR) is 91.9 cm³/mol. The van der Waals surface area contributed by atoms with Crippen LogP contribution in [-0.2, 0) is 11.3 Å². The van der Waals surface area contributed by atoms with E-state index in [9.17, 15) is 14.3 Å². The molecule has 8 heteroatoms. The zero-order chi connectivity index (χ0) is 18.4. The second-order valence-electron chi connectivity index (χ2n) is 6.65. The molecule has 7 nitrogen and oxygen atoms in total. The third-order valence-corrected chi connectivity index (χ3v) is 4.47. The zero-order valence-corrected chi connectivity index (χ0v) is 14.6. The number of β-amino-alcohol motifs (C(OH)–C–C–N with tert-alkyl or cyclic N) is 1. The van der Waals surface area contributed by atoms with Crippen LogP contribution < -0.4 is 4.74 Å². The molecule has 1 saturated heterocycles. The van der Waals surface area contributed by atoms with Crippen LogP contribution >= 0.6 is 0 Å². The van der Waals surface area contributed by atoms with Gasteiger partial charge in [0, 0.05) is 19.5 Å². The third kappa shape index (κ3) is 5.01. The Kier molecular flexibility index (Phi) is 5.82. The van der Waals surface area contributed by atoms with Crippen LogP contribution in [0.4, 0.5) is 4.39 Å². The minimum Gasteiger partial charge on any atom is -0.491 e. The largest absolute Gasteiger partial charge is 0.491 e. The molecule has 140 valence electrons. The molecule has 1 fully saturated rings. The van der Waals surface area contributed by atoms with Crippen molar-refractivity contribution in [3.05, 3.63) is 42.7 Å². The molecular formula is C18H23FN4O3. The van der Waals surface area contributed by atoms with Crippen LogP contribution in [0.5, 0.6) is 5.75 Å². The van der Waals surface area contributed by atoms with E-state index in [0.29, 0.717) is 38.1 Å². The Labute approximate surface area is 151 Å². The maximum atomic E-state index is 12.9. The number of nitrogens with zero attached hydrogens (tertiary/aromatic N) is 4. The molecule has 2 aromatic rings. The number of carbonyl (C=O) groups is 1. The second kappa shape index (κ2) is 8.27. The molecule has 26 heavy (non-hydrogen) atoms. The van der Waals surface area contributed by atoms with E-state index in [2.05, 4.69) is 10.1 Å². The Bertz CT molecular complexity index is 708. The zero-order valence-electron chi connectivity index (χ0n) is 14.6. The van der Waals surface area contributed by atoms with Gasteiger partial charge in [0.1, 0.15) is 36.4 Å². The van der Waals surface area contributed by atoms with Gasteiger partial charge in [-0.3, -0.25) is 9.48 Å². The lowest BCUT2D eigenvalue weighted by Gasteiger charge is -2.39. The lowest BCUT2D eigenvalue weighted by Crippen LogP contribution is -2.53. The fourth-order valence-corrected chi connectivity index (χ4v) is 3.09. The van der Waals surface area contributed by atoms with Crippen LogP contribution in [0.15, 0.2) is 36.9 Å². The van der Waals surface area contributed by atoms with Gasteiger partial charge < -0.3 is 14.7 Å². The number of piperidine rings is 1. The highest BCUT2D eigenvalue weighted by Gasteiger charge is 2.35. The van der Waals surface area contributed by atoms with Crippen molar-refractivity contribution in [3.63, 3.8) is 0 Å². The van der Waals surface area contributed by atoms with Crippen molar-refractivity contribution < 1.29 is 19.0 Å². The molecule has 1 aliphatic heterocycles. The van der Waals surface area contributed by atoms with E-state index >= 15 is 0 Å². The number of aromatic nitrogens is 3. The summed E-state index contributed by atoms with van der Waals surface area (Å²) in [5.74, 6) is 0.178. The van der Waals surface area contributed by atoms with Gasteiger partial charge in [-0.15, -0.1) is 0 Å². The molecule has 1 amide bonds. The molecule has 0 aliphatic carbocycles. The Morgan fingerprint density at radius 1 is 1.35 bits per heavy atom. The van der Waals surface area contributed by atoms with Crippen LogP contribution in [0.25, 0.3) is 0 Å². The van der Waals surface area contributed by atoms with E-state index < -0.39 is 5.60 Å². The third-order valence-electron chi connectivity index (χ3n) is 4.47. The van der Waals surface area contributed by atoms with E-state index in [1.54, 1.807) is 15.9 Å². The van der Waals surface area contributed by atoms with Gasteiger partial charge in [-0.2, -0.15) is 5.10 Å². The van der Waals surface area contributed by atoms with Gasteiger partial charge >= 0.3 is 0 Å². The van der Waals surface area contributed by atoms with Gasteiger partial charge in [-0.1, -0.05) is 0 Å². The van der Waals surface area contributed by atoms with E-state index in [-0.39, 0.29) is 24.9 Å². The van der Waals surface area contributed by atoms with Crippen molar-refractivity contribution in [3.8, 4) is 5.75 Å². The Morgan fingerprint density at radius 3 is 2.88 bits per heavy atom. The van der Waals surface area contributed by atoms with Crippen molar-refractivity contribution >= 4 is 5.91 Å². The number of likely N-dealkylation sites (tertiary alicyclic amines) is 1. The Morgan fingerprint density at radius 2 is 2.15 bits per heavy atom. The second-order valence-corrected chi connectivity index (χ2v) is 6.65. The van der Waals surface area contributed by atoms with Crippen LogP contribution in [0.1, 0.15) is 25.7 Å². The predicted octanol–water partition coefficient (Wildman–Crippen LogP) is 1.63. The average molecular weight is 362 g/mol. The summed E-state index contributed by atoms with van der Waals surface area (Å²) in [5, 5.41) is 14.8. The normalized spacial score (nSPS) is 20.2. The van der Waals surface area contributed by atoms with Crippen LogP contribution in [0.2, 0.25) is 0 Å². The maximum absolute atomic E-state index is 12.9. The maximum Gasteiger partial charge on any atom is 0.222 e. The van der Waals surface area contributed by atoms with Crippen molar-refractivity contribution in [1.29, 1.82) is 0 Å². The average Bonchev–Trinajstić information content (AvgIpc) is 3.15. The summed E-state index contributed by atoms with van der Waals surface area (Å²) in [6.45, 7) is 1.59. The summed E-state index contributed by atoms with van der Waals surface area (Å²) in [6.07, 6.45) is 5.44. The molecule has 3 rings (SSSR count). The molecule has 1 aromatic carbocycles. The summed E-state index contributed by atoms with van der Waals surface area (Å²) in [4.78, 5) is 18.0. The van der Waals surface area contributed by atoms with Gasteiger partial charge in [0.25, 0.3) is 0 Å². The molecule has 2 heterocycles. The monoisotopic (exact) mass is 362 g/mol. The molecule has 0 radical (unpaired) electrons. The molecule has 1 N–H and O–H groups in total. The van der Waals surface area contributed by atoms with E-state index in [0.717, 1.165) is 6.42 Å². The van der Waals surface area contributed by atoms with Crippen molar-refractivity contribution in [1.82, 2.24) is 19.7 Å². The minimum atomic E-state index is -1.09. The Balaban J connectivity index is 1.47. The molecule has 0 bridgehead atoms. The minimum absolute atomic E-state index is 0.0185. The number of rotatable bonds is 7. The summed E-state index contributed by atoms with van der Waals surface area (Å²) in [6, 6.07) is 5.67. The van der Waals surface area contributed by atoms with Gasteiger partial charge in [0.15, 0.2) is 0 Å². The Hall–Kier alpha value is -2.48. The van der Waals surface area contributed by atoms with Crippen molar-refractivity contribution in [2.45, 2.75) is 37.8 Å². The number of carbonyl (C=O) groups excluding carboxylic acids is 1. The number of ether oxygens (including phenoxy) is 1. The van der Waals surface area contributed by atoms with Crippen molar-refractivity contribution in [2.24, 2.45) is 0 Å². The molecule has 0 spiro atoms. The first-order valence-electron chi connectivity index (χ1n) is 8.75. The molecule has 1 aromatic heterocycles. The smallest absolute Gasteiger partial charge is 0.222 e. The van der Waals surface area contributed by atoms with Crippen LogP contribution in [0.3, 0.4) is 0 Å². The summed E-state index contributed by atoms with van der Waals surface area (Å²) < 4.78 is 20.2. The standard InChI is InChI=1S/C18H23FN4O3/c19-15-4-6-16(7-5-15)26-12-18(25)8-2-9-22(11-18)17(24)3-1-10-23-14-20-13-21-23/h4-7,13-14,25H,1-3,8-12H2. The number of benzene rings is 1. The first-order valence-corrected chi connectivity index (χ1v) is 8.75. The van der Waals surface area contributed by atoms with Gasteiger partial charge in [-0.05, 0) is 43.5 Å². The fourth-order valence-electron chi connectivity index (χ4n) is 3.09. The van der Waals surface area contributed by atoms with Crippen LogP contribution in [-0.4, -0.2) is 56.0 Å². The summed E-state index contributed by atoms with van der Waals surface area (Å²) in [7, 11) is 0. The number of aryl methyl sites for hydroxylation is 1. The number of hydrogen-bond acceptors (Lipinski definition) is 5. The first kappa shape index (κ1) is 18.3. The lowest BCUT2D eigenvalue weighted by atomic mass is 9.93. The topological polar surface area (TPSA) is 80.5 Å². The van der Waals surface area contributed by atoms with Gasteiger partial charge in [-0.25, -0.2) is 9.37 Å². The number of amides is 1. The highest BCUT2D eigenvalue weighted by Crippen LogP contribution is 2.24.